The Morgan fingerprint density at radius 2 is 0.925 bits per heavy atom. The van der Waals surface area contributed by atoms with E-state index in [2.05, 4.69) is 0 Å². The minimum atomic E-state index is -0.474. The summed E-state index contributed by atoms with van der Waals surface area (Å²) in [7, 11) is 6.17. The van der Waals surface area contributed by atoms with Crippen molar-refractivity contribution < 1.29 is 27.8 Å². The van der Waals surface area contributed by atoms with Crippen LogP contribution >= 0.6 is 0 Å². The summed E-state index contributed by atoms with van der Waals surface area (Å²) in [6.07, 6.45) is 0. The van der Waals surface area contributed by atoms with Crippen LogP contribution in [0.4, 0.5) is 0 Å². The Morgan fingerprint density at radius 3 is 1.30 bits per heavy atom. The molecule has 0 aliphatic carbocycles. The third kappa shape index (κ3) is 4.19. The summed E-state index contributed by atoms with van der Waals surface area (Å²) >= 11 is 0. The maximum absolute atomic E-state index is 12.9. The predicted octanol–water partition coefficient (Wildman–Crippen LogP) is 6.42. The molecular weight excluding hydrogens is 512 g/mol. The van der Waals surface area contributed by atoms with Crippen LogP contribution in [0, 0.1) is 0 Å². The predicted molar refractivity (Wildman–Crippen MR) is 153 cm³/mol. The van der Waals surface area contributed by atoms with E-state index in [4.69, 9.17) is 27.8 Å². The second-order valence-electron chi connectivity index (χ2n) is 9.15. The van der Waals surface area contributed by atoms with Crippen LogP contribution in [0.3, 0.4) is 0 Å². The molecule has 4 aromatic carbocycles. The van der Waals surface area contributed by atoms with E-state index in [9.17, 15) is 9.59 Å². The van der Waals surface area contributed by atoms with Crippen LogP contribution in [0.15, 0.2) is 91.2 Å². The average molecular weight is 537 g/mol. The van der Waals surface area contributed by atoms with Crippen LogP contribution < -0.4 is 30.2 Å². The molecule has 0 aliphatic heterocycles. The zero-order valence-corrected chi connectivity index (χ0v) is 22.2. The normalized spacial score (nSPS) is 11.2. The number of fused-ring (bicyclic) bond motifs is 3. The van der Waals surface area contributed by atoms with Crippen molar-refractivity contribution in [2.45, 2.75) is 0 Å². The molecule has 2 heterocycles. The lowest BCUT2D eigenvalue weighted by Gasteiger charge is -2.11. The molecule has 0 atom stereocenters. The molecule has 0 aliphatic rings. The summed E-state index contributed by atoms with van der Waals surface area (Å²) in [5.41, 5.74) is 1.99. The molecule has 2 aromatic heterocycles. The molecule has 6 aromatic rings. The topological polar surface area (TPSA) is 97.3 Å². The third-order valence-corrected chi connectivity index (χ3v) is 6.95. The molecule has 0 saturated heterocycles. The van der Waals surface area contributed by atoms with Crippen molar-refractivity contribution in [3.8, 4) is 45.3 Å². The van der Waals surface area contributed by atoms with E-state index in [-0.39, 0.29) is 0 Å². The second kappa shape index (κ2) is 9.81. The smallest absolute Gasteiger partial charge is 0.344 e. The van der Waals surface area contributed by atoms with Crippen LogP contribution in [-0.2, 0) is 0 Å². The maximum Gasteiger partial charge on any atom is 0.344 e. The van der Waals surface area contributed by atoms with Crippen molar-refractivity contribution in [2.75, 3.05) is 28.4 Å². The molecule has 40 heavy (non-hydrogen) atoms. The number of hydrogen-bond acceptors (Lipinski definition) is 8. The Hall–Kier alpha value is -5.24. The number of hydrogen-bond donors (Lipinski definition) is 0. The van der Waals surface area contributed by atoms with Gasteiger partial charge in [0.1, 0.15) is 34.2 Å². The zero-order chi connectivity index (χ0) is 28.0. The summed E-state index contributed by atoms with van der Waals surface area (Å²) in [5, 5.41) is 3.08. The maximum atomic E-state index is 12.9. The van der Waals surface area contributed by atoms with E-state index in [1.807, 2.05) is 36.4 Å². The Balaban J connectivity index is 1.44. The third-order valence-electron chi connectivity index (χ3n) is 6.95. The van der Waals surface area contributed by atoms with Crippen molar-refractivity contribution in [1.29, 1.82) is 0 Å². The van der Waals surface area contributed by atoms with Gasteiger partial charge >= 0.3 is 11.3 Å². The fraction of sp³-hybridized carbons (Fsp3) is 0.125. The summed E-state index contributed by atoms with van der Waals surface area (Å²) < 4.78 is 32.8. The molecule has 0 unspecified atom stereocenters. The second-order valence-corrected chi connectivity index (χ2v) is 9.15. The zero-order valence-electron chi connectivity index (χ0n) is 22.2. The highest BCUT2D eigenvalue weighted by Crippen LogP contribution is 2.35. The van der Waals surface area contributed by atoms with E-state index >= 15 is 0 Å². The van der Waals surface area contributed by atoms with E-state index in [1.54, 1.807) is 50.6 Å². The fourth-order valence-corrected chi connectivity index (χ4v) is 4.88. The van der Waals surface area contributed by atoms with Crippen LogP contribution in [0.1, 0.15) is 0 Å². The summed E-state index contributed by atoms with van der Waals surface area (Å²) in [6.45, 7) is 0. The number of methoxy groups -OCH3 is 4. The SMILES string of the molecule is COc1cc(OC)c2cc(-c3ccc4cc(-c5cc6c(OC)cc(OC)cc6oc5=O)ccc4c3)c(=O)oc2c1. The van der Waals surface area contributed by atoms with Gasteiger partial charge in [-0.15, -0.1) is 0 Å². The molecule has 0 bridgehead atoms. The lowest BCUT2D eigenvalue weighted by atomic mass is 9.98. The van der Waals surface area contributed by atoms with Crippen LogP contribution in [0.5, 0.6) is 23.0 Å². The number of benzene rings is 4. The largest absolute Gasteiger partial charge is 0.496 e. The first-order valence-corrected chi connectivity index (χ1v) is 12.4. The summed E-state index contributed by atoms with van der Waals surface area (Å²) in [4.78, 5) is 25.9. The molecular formula is C32H24O8. The molecule has 0 amide bonds. The van der Waals surface area contributed by atoms with Crippen LogP contribution in [0.2, 0.25) is 0 Å². The highest BCUT2D eigenvalue weighted by atomic mass is 16.5. The molecule has 0 fully saturated rings. The van der Waals surface area contributed by atoms with Crippen LogP contribution in [0.25, 0.3) is 55.0 Å². The molecule has 8 heteroatoms. The van der Waals surface area contributed by atoms with Gasteiger partial charge in [0.05, 0.1) is 50.3 Å². The van der Waals surface area contributed by atoms with Crippen LogP contribution in [-0.4, -0.2) is 28.4 Å². The van der Waals surface area contributed by atoms with Crippen molar-refractivity contribution in [3.63, 3.8) is 0 Å². The van der Waals surface area contributed by atoms with Gasteiger partial charge in [0.15, 0.2) is 0 Å². The first-order chi connectivity index (χ1) is 19.4. The molecule has 8 nitrogen and oxygen atoms in total. The lowest BCUT2D eigenvalue weighted by Crippen LogP contribution is -2.04. The molecule has 0 saturated carbocycles. The van der Waals surface area contributed by atoms with Gasteiger partial charge in [0.25, 0.3) is 0 Å². The standard InChI is InChI=1S/C32H24O8/c1-35-21-11-27(37-3)25-15-23(31(33)39-29(25)13-21)19-7-5-18-10-20(8-6-17(18)9-19)24-16-26-28(38-4)12-22(36-2)14-30(26)40-32(24)34/h5-16H,1-4H3. The minimum absolute atomic E-state index is 0.375. The number of ether oxygens (including phenoxy) is 4. The van der Waals surface area contributed by atoms with Gasteiger partial charge in [-0.3, -0.25) is 0 Å². The highest BCUT2D eigenvalue weighted by Gasteiger charge is 2.16. The Morgan fingerprint density at radius 1 is 0.500 bits per heavy atom. The van der Waals surface area contributed by atoms with Gasteiger partial charge in [-0.2, -0.15) is 0 Å². The van der Waals surface area contributed by atoms with Crippen molar-refractivity contribution in [2.24, 2.45) is 0 Å². The fourth-order valence-electron chi connectivity index (χ4n) is 4.88. The van der Waals surface area contributed by atoms with Gasteiger partial charge in [-0.05, 0) is 46.2 Å². The highest BCUT2D eigenvalue weighted by molar-refractivity contribution is 5.94. The molecule has 0 spiro atoms. The van der Waals surface area contributed by atoms with Crippen molar-refractivity contribution >= 4 is 32.7 Å². The summed E-state index contributed by atoms with van der Waals surface area (Å²) in [6, 6.07) is 21.6. The quantitative estimate of drug-likeness (QED) is 0.225. The Kier molecular flexibility index (Phi) is 6.15. The molecule has 0 radical (unpaired) electrons. The van der Waals surface area contributed by atoms with E-state index in [0.717, 1.165) is 10.8 Å². The first-order valence-electron chi connectivity index (χ1n) is 12.4. The van der Waals surface area contributed by atoms with Gasteiger partial charge in [-0.25, -0.2) is 9.59 Å². The summed E-state index contributed by atoms with van der Waals surface area (Å²) in [5.74, 6) is 2.13. The molecule has 0 N–H and O–H groups in total. The Labute approximate surface area is 227 Å². The van der Waals surface area contributed by atoms with Gasteiger partial charge in [-0.1, -0.05) is 24.3 Å². The van der Waals surface area contributed by atoms with Crippen molar-refractivity contribution in [3.05, 3.63) is 93.6 Å². The Bertz CT molecular complexity index is 1900. The van der Waals surface area contributed by atoms with E-state index in [0.29, 0.717) is 67.2 Å². The van der Waals surface area contributed by atoms with Gasteiger partial charge in [0, 0.05) is 24.3 Å². The van der Waals surface area contributed by atoms with Gasteiger partial charge in [0.2, 0.25) is 0 Å². The van der Waals surface area contributed by atoms with E-state index < -0.39 is 11.3 Å². The molecule has 200 valence electrons. The lowest BCUT2D eigenvalue weighted by molar-refractivity contribution is 0.395. The average Bonchev–Trinajstić information content (AvgIpc) is 2.98. The monoisotopic (exact) mass is 536 g/mol. The first kappa shape index (κ1) is 25.1. The number of rotatable bonds is 6. The minimum Gasteiger partial charge on any atom is -0.496 e. The van der Waals surface area contributed by atoms with Gasteiger partial charge < -0.3 is 27.8 Å². The van der Waals surface area contributed by atoms with E-state index in [1.165, 1.54) is 14.2 Å². The van der Waals surface area contributed by atoms with Crippen molar-refractivity contribution in [1.82, 2.24) is 0 Å². The molecule has 6 rings (SSSR count).